The molecule has 0 spiro atoms. The van der Waals surface area contributed by atoms with Crippen molar-refractivity contribution >= 4 is 28.5 Å². The lowest BCUT2D eigenvalue weighted by atomic mass is 10.1. The van der Waals surface area contributed by atoms with E-state index in [2.05, 4.69) is 22.0 Å². The summed E-state index contributed by atoms with van der Waals surface area (Å²) in [6.07, 6.45) is 15.5. The second-order valence-corrected chi connectivity index (χ2v) is 7.98. The van der Waals surface area contributed by atoms with Crippen LogP contribution in [0.4, 0.5) is 0 Å². The number of carbonyl (C=O) groups is 1. The Kier molecular flexibility index (Phi) is 6.21. The van der Waals surface area contributed by atoms with Crippen LogP contribution in [0.2, 0.25) is 0 Å². The molecule has 0 radical (unpaired) electrons. The molecule has 0 aliphatic carbocycles. The second kappa shape index (κ2) is 9.19. The van der Waals surface area contributed by atoms with Gasteiger partial charge in [0.1, 0.15) is 0 Å². The summed E-state index contributed by atoms with van der Waals surface area (Å²) in [6.45, 7) is 7.19. The minimum Gasteiger partial charge on any atom is -0.376 e. The van der Waals surface area contributed by atoms with Crippen molar-refractivity contribution in [3.8, 4) is 11.1 Å². The first-order chi connectivity index (χ1) is 14.7. The number of amides is 1. The number of fused-ring (bicyclic) bond motifs is 1. The summed E-state index contributed by atoms with van der Waals surface area (Å²) in [7, 11) is 0. The Morgan fingerprint density at radius 3 is 3.13 bits per heavy atom. The van der Waals surface area contributed by atoms with Gasteiger partial charge < -0.3 is 10.1 Å². The predicted octanol–water partition coefficient (Wildman–Crippen LogP) is 4.51. The molecule has 0 saturated carbocycles. The summed E-state index contributed by atoms with van der Waals surface area (Å²) in [4.78, 5) is 17.8. The fraction of sp³-hybridized carbons (Fsp3) is 0.261. The number of carbonyl (C=O) groups excluding carboxylic acids is 1. The van der Waals surface area contributed by atoms with Crippen LogP contribution in [0.25, 0.3) is 22.3 Å². The number of nitrogens with one attached hydrogen (secondary N) is 1. The van der Waals surface area contributed by atoms with Crippen molar-refractivity contribution in [2.45, 2.75) is 25.9 Å². The van der Waals surface area contributed by atoms with Crippen LogP contribution in [-0.4, -0.2) is 39.8 Å². The van der Waals surface area contributed by atoms with Gasteiger partial charge in [-0.15, -0.1) is 11.3 Å². The summed E-state index contributed by atoms with van der Waals surface area (Å²) in [6, 6.07) is 1.89. The third-order valence-electron chi connectivity index (χ3n) is 5.03. The van der Waals surface area contributed by atoms with Crippen molar-refractivity contribution in [3.63, 3.8) is 0 Å². The molecule has 1 aliphatic heterocycles. The van der Waals surface area contributed by atoms with Gasteiger partial charge in [0.05, 0.1) is 17.2 Å². The Hall–Kier alpha value is -3.03. The fourth-order valence-electron chi connectivity index (χ4n) is 3.40. The SMILES string of the molecule is C=C/C(=C\C=C/C)c1cnc2c(-c3csc(C(=O)NC[C@@H]4CCCO4)c3)cnn2c1. The first-order valence-electron chi connectivity index (χ1n) is 9.97. The van der Waals surface area contributed by atoms with Gasteiger partial charge in [-0.05, 0) is 42.3 Å². The van der Waals surface area contributed by atoms with Gasteiger partial charge in [-0.3, -0.25) is 4.79 Å². The fourth-order valence-corrected chi connectivity index (χ4v) is 4.23. The lowest BCUT2D eigenvalue weighted by Gasteiger charge is -2.09. The molecule has 1 atom stereocenters. The van der Waals surface area contributed by atoms with Gasteiger partial charge in [0, 0.05) is 36.7 Å². The van der Waals surface area contributed by atoms with Crippen LogP contribution in [0, 0.1) is 0 Å². The molecule has 0 unspecified atom stereocenters. The van der Waals surface area contributed by atoms with E-state index < -0.39 is 0 Å². The van der Waals surface area contributed by atoms with Gasteiger partial charge in [-0.2, -0.15) is 5.10 Å². The number of hydrogen-bond donors (Lipinski definition) is 1. The zero-order chi connectivity index (χ0) is 20.9. The maximum absolute atomic E-state index is 12.5. The van der Waals surface area contributed by atoms with Crippen molar-refractivity contribution in [3.05, 3.63) is 71.4 Å². The van der Waals surface area contributed by atoms with Crippen LogP contribution < -0.4 is 5.32 Å². The normalized spacial score (nSPS) is 17.1. The Morgan fingerprint density at radius 2 is 2.37 bits per heavy atom. The molecular formula is C23H24N4O2S. The number of ether oxygens (including phenoxy) is 1. The quantitative estimate of drug-likeness (QED) is 0.571. The van der Waals surface area contributed by atoms with E-state index in [9.17, 15) is 4.79 Å². The molecule has 1 amide bonds. The van der Waals surface area contributed by atoms with Gasteiger partial charge in [0.2, 0.25) is 0 Å². The highest BCUT2D eigenvalue weighted by Crippen LogP contribution is 2.29. The molecule has 4 heterocycles. The van der Waals surface area contributed by atoms with Gasteiger partial charge in [0.25, 0.3) is 5.91 Å². The van der Waals surface area contributed by atoms with Crippen molar-refractivity contribution in [2.24, 2.45) is 0 Å². The van der Waals surface area contributed by atoms with E-state index in [1.807, 2.05) is 49.0 Å². The van der Waals surface area contributed by atoms with Gasteiger partial charge in [-0.1, -0.05) is 30.9 Å². The zero-order valence-corrected chi connectivity index (χ0v) is 17.7. The number of aromatic nitrogens is 3. The molecule has 30 heavy (non-hydrogen) atoms. The van der Waals surface area contributed by atoms with Crippen molar-refractivity contribution in [2.75, 3.05) is 13.2 Å². The maximum atomic E-state index is 12.5. The summed E-state index contributed by atoms with van der Waals surface area (Å²) in [5.74, 6) is -0.0711. The first kappa shape index (κ1) is 20.3. The van der Waals surface area contributed by atoms with Crippen LogP contribution in [0.15, 0.2) is 60.9 Å². The predicted molar refractivity (Wildman–Crippen MR) is 121 cm³/mol. The average molecular weight is 421 g/mol. The minimum absolute atomic E-state index is 0.0711. The molecule has 7 heteroatoms. The van der Waals surface area contributed by atoms with Gasteiger partial charge in [0.15, 0.2) is 5.65 Å². The summed E-state index contributed by atoms with van der Waals surface area (Å²) < 4.78 is 7.32. The van der Waals surface area contributed by atoms with E-state index in [1.165, 1.54) is 11.3 Å². The van der Waals surface area contributed by atoms with Crippen molar-refractivity contribution in [1.82, 2.24) is 19.9 Å². The third kappa shape index (κ3) is 4.27. The topological polar surface area (TPSA) is 68.5 Å². The first-order valence-corrected chi connectivity index (χ1v) is 10.9. The van der Waals surface area contributed by atoms with E-state index >= 15 is 0 Å². The molecule has 0 bridgehead atoms. The molecule has 1 aliphatic rings. The highest BCUT2D eigenvalue weighted by molar-refractivity contribution is 7.12. The minimum atomic E-state index is -0.0711. The van der Waals surface area contributed by atoms with E-state index in [-0.39, 0.29) is 12.0 Å². The van der Waals surface area contributed by atoms with Crippen molar-refractivity contribution in [1.29, 1.82) is 0 Å². The number of thiophene rings is 1. The largest absolute Gasteiger partial charge is 0.376 e. The highest BCUT2D eigenvalue weighted by atomic mass is 32.1. The summed E-state index contributed by atoms with van der Waals surface area (Å²) >= 11 is 1.42. The number of rotatable bonds is 7. The lowest BCUT2D eigenvalue weighted by molar-refractivity contribution is 0.0861. The maximum Gasteiger partial charge on any atom is 0.261 e. The molecule has 3 aromatic heterocycles. The molecule has 0 aromatic carbocycles. The monoisotopic (exact) mass is 420 g/mol. The average Bonchev–Trinajstić information content (AvgIpc) is 3.52. The smallest absolute Gasteiger partial charge is 0.261 e. The standard InChI is InChI=1S/C23H24N4O2S/c1-3-5-7-16(4-2)18-11-24-22-20(13-26-27(22)14-18)17-10-21(30-15-17)23(28)25-12-19-8-6-9-29-19/h3-5,7,10-11,13-15,19H,2,6,8-9,12H2,1H3,(H,25,28)/b5-3-,16-7+/t19-/m0/s1. The zero-order valence-electron chi connectivity index (χ0n) is 16.9. The third-order valence-corrected chi connectivity index (χ3v) is 5.96. The second-order valence-electron chi connectivity index (χ2n) is 7.07. The molecule has 154 valence electrons. The van der Waals surface area contributed by atoms with E-state index in [1.54, 1.807) is 16.8 Å². The molecule has 4 rings (SSSR count). The Balaban J connectivity index is 1.53. The molecule has 6 nitrogen and oxygen atoms in total. The van der Waals surface area contributed by atoms with Crippen LogP contribution in [-0.2, 0) is 4.74 Å². The van der Waals surface area contributed by atoms with Gasteiger partial charge >= 0.3 is 0 Å². The Bertz CT molecular complexity index is 1120. The van der Waals surface area contributed by atoms with E-state index in [0.29, 0.717) is 11.4 Å². The van der Waals surface area contributed by atoms with Crippen LogP contribution in [0.5, 0.6) is 0 Å². The molecular weight excluding hydrogens is 396 g/mol. The molecule has 1 saturated heterocycles. The summed E-state index contributed by atoms with van der Waals surface area (Å²) in [5.41, 5.74) is 4.49. The Labute approximate surface area is 179 Å². The van der Waals surface area contributed by atoms with E-state index in [0.717, 1.165) is 47.4 Å². The van der Waals surface area contributed by atoms with Crippen molar-refractivity contribution < 1.29 is 9.53 Å². The van der Waals surface area contributed by atoms with E-state index in [4.69, 9.17) is 4.74 Å². The number of hydrogen-bond acceptors (Lipinski definition) is 5. The van der Waals surface area contributed by atoms with Crippen LogP contribution in [0.1, 0.15) is 35.0 Å². The lowest BCUT2D eigenvalue weighted by Crippen LogP contribution is -2.31. The number of allylic oxidation sites excluding steroid dienone is 5. The molecule has 1 fully saturated rings. The van der Waals surface area contributed by atoms with Crippen LogP contribution >= 0.6 is 11.3 Å². The Morgan fingerprint density at radius 1 is 1.47 bits per heavy atom. The highest BCUT2D eigenvalue weighted by Gasteiger charge is 2.18. The molecule has 3 aromatic rings. The number of nitrogens with zero attached hydrogens (tertiary/aromatic N) is 3. The molecule has 1 N–H and O–H groups in total. The van der Waals surface area contributed by atoms with Crippen LogP contribution in [0.3, 0.4) is 0 Å². The summed E-state index contributed by atoms with van der Waals surface area (Å²) in [5, 5.41) is 9.39. The van der Waals surface area contributed by atoms with Gasteiger partial charge in [-0.25, -0.2) is 9.50 Å².